The van der Waals surface area contributed by atoms with Crippen molar-refractivity contribution in [1.82, 2.24) is 5.16 Å². The molecule has 1 N–H and O–H groups in total. The second-order valence-electron chi connectivity index (χ2n) is 4.93. The highest BCUT2D eigenvalue weighted by Gasteiger charge is 2.19. The van der Waals surface area contributed by atoms with Crippen LogP contribution in [0, 0.1) is 0 Å². The van der Waals surface area contributed by atoms with Crippen LogP contribution >= 0.6 is 0 Å². The van der Waals surface area contributed by atoms with Crippen LogP contribution in [-0.2, 0) is 6.61 Å². The molecule has 0 aliphatic carbocycles. The first-order valence-corrected chi connectivity index (χ1v) is 7.15. The maximum absolute atomic E-state index is 9.78. The Morgan fingerprint density at radius 3 is 2.35 bits per heavy atom. The largest absolute Gasteiger partial charge is 0.493 e. The third-order valence-corrected chi connectivity index (χ3v) is 3.64. The SMILES string of the molecule is COc1ccc(-c2noc(-c3ccccc3)c2CO)cc1OC. The lowest BCUT2D eigenvalue weighted by Crippen LogP contribution is -1.93. The van der Waals surface area contributed by atoms with Crippen LogP contribution in [0.5, 0.6) is 11.5 Å². The van der Waals surface area contributed by atoms with Crippen molar-refractivity contribution in [3.05, 3.63) is 54.1 Å². The van der Waals surface area contributed by atoms with Gasteiger partial charge in [-0.15, -0.1) is 0 Å². The number of hydrogen-bond acceptors (Lipinski definition) is 5. The van der Waals surface area contributed by atoms with Gasteiger partial charge in [-0.05, 0) is 18.2 Å². The van der Waals surface area contributed by atoms with Gasteiger partial charge in [0.2, 0.25) is 0 Å². The predicted molar refractivity (Wildman–Crippen MR) is 86.4 cm³/mol. The Labute approximate surface area is 134 Å². The van der Waals surface area contributed by atoms with Crippen molar-refractivity contribution in [3.63, 3.8) is 0 Å². The number of hydrogen-bond donors (Lipinski definition) is 1. The molecule has 2 aromatic carbocycles. The summed E-state index contributed by atoms with van der Waals surface area (Å²) in [6, 6.07) is 15.0. The molecule has 0 aliphatic rings. The number of ether oxygens (including phenoxy) is 2. The summed E-state index contributed by atoms with van der Waals surface area (Å²) in [5.74, 6) is 1.80. The Hall–Kier alpha value is -2.79. The molecular weight excluding hydrogens is 294 g/mol. The van der Waals surface area contributed by atoms with Crippen molar-refractivity contribution in [2.24, 2.45) is 0 Å². The lowest BCUT2D eigenvalue weighted by molar-refractivity contribution is 0.281. The first kappa shape index (κ1) is 15.1. The summed E-state index contributed by atoms with van der Waals surface area (Å²) < 4.78 is 16.0. The maximum Gasteiger partial charge on any atom is 0.173 e. The number of rotatable bonds is 5. The third kappa shape index (κ3) is 2.78. The lowest BCUT2D eigenvalue weighted by atomic mass is 10.0. The topological polar surface area (TPSA) is 64.7 Å². The molecule has 5 heteroatoms. The third-order valence-electron chi connectivity index (χ3n) is 3.64. The molecule has 0 saturated carbocycles. The standard InChI is InChI=1S/C18H17NO4/c1-21-15-9-8-13(10-16(15)22-2)17-14(11-20)18(23-19-17)12-6-4-3-5-7-12/h3-10,20H,11H2,1-2H3. The van der Waals surface area contributed by atoms with Gasteiger partial charge in [0.1, 0.15) is 5.69 Å². The minimum Gasteiger partial charge on any atom is -0.493 e. The molecule has 23 heavy (non-hydrogen) atoms. The summed E-state index contributed by atoms with van der Waals surface area (Å²) in [6.45, 7) is -0.169. The van der Waals surface area contributed by atoms with E-state index in [9.17, 15) is 5.11 Å². The molecule has 0 unspecified atom stereocenters. The number of nitrogens with zero attached hydrogens (tertiary/aromatic N) is 1. The number of aromatic nitrogens is 1. The van der Waals surface area contributed by atoms with Crippen LogP contribution in [0.1, 0.15) is 5.56 Å². The van der Waals surface area contributed by atoms with Crippen molar-refractivity contribution < 1.29 is 19.1 Å². The van der Waals surface area contributed by atoms with Gasteiger partial charge >= 0.3 is 0 Å². The van der Waals surface area contributed by atoms with Crippen LogP contribution < -0.4 is 9.47 Å². The Bertz CT molecular complexity index is 796. The van der Waals surface area contributed by atoms with Crippen molar-refractivity contribution in [2.75, 3.05) is 14.2 Å². The normalized spacial score (nSPS) is 10.6. The van der Waals surface area contributed by atoms with Crippen LogP contribution in [0.15, 0.2) is 53.1 Å². The number of aliphatic hydroxyl groups is 1. The van der Waals surface area contributed by atoms with Crippen molar-refractivity contribution in [2.45, 2.75) is 6.61 Å². The van der Waals surface area contributed by atoms with E-state index in [1.165, 1.54) is 0 Å². The van der Waals surface area contributed by atoms with Crippen LogP contribution in [0.4, 0.5) is 0 Å². The minimum atomic E-state index is -0.169. The minimum absolute atomic E-state index is 0.169. The van der Waals surface area contributed by atoms with Gasteiger partial charge in [0.25, 0.3) is 0 Å². The predicted octanol–water partition coefficient (Wildman–Crippen LogP) is 3.52. The van der Waals surface area contributed by atoms with E-state index in [0.717, 1.165) is 11.1 Å². The fraction of sp³-hybridized carbons (Fsp3) is 0.167. The summed E-state index contributed by atoms with van der Waals surface area (Å²) in [5.41, 5.74) is 2.89. The van der Waals surface area contributed by atoms with Crippen LogP contribution in [-0.4, -0.2) is 24.5 Å². The summed E-state index contributed by atoms with van der Waals surface area (Å²) >= 11 is 0. The first-order chi connectivity index (χ1) is 11.3. The van der Waals surface area contributed by atoms with E-state index >= 15 is 0 Å². The smallest absolute Gasteiger partial charge is 0.173 e. The van der Waals surface area contributed by atoms with Gasteiger partial charge in [-0.3, -0.25) is 0 Å². The monoisotopic (exact) mass is 311 g/mol. The van der Waals surface area contributed by atoms with Crippen molar-refractivity contribution in [1.29, 1.82) is 0 Å². The Morgan fingerprint density at radius 1 is 0.957 bits per heavy atom. The quantitative estimate of drug-likeness (QED) is 0.781. The molecule has 3 aromatic rings. The number of benzene rings is 2. The molecular formula is C18H17NO4. The highest BCUT2D eigenvalue weighted by Crippen LogP contribution is 2.36. The Kier molecular flexibility index (Phi) is 4.30. The molecule has 5 nitrogen and oxygen atoms in total. The Balaban J connectivity index is 2.09. The molecule has 3 rings (SSSR count). The maximum atomic E-state index is 9.78. The van der Waals surface area contributed by atoms with Gasteiger partial charge in [-0.1, -0.05) is 35.5 Å². The van der Waals surface area contributed by atoms with E-state index < -0.39 is 0 Å². The van der Waals surface area contributed by atoms with Crippen LogP contribution in [0.2, 0.25) is 0 Å². The summed E-state index contributed by atoms with van der Waals surface area (Å²) in [5, 5.41) is 13.9. The van der Waals surface area contributed by atoms with Gasteiger partial charge in [0.15, 0.2) is 17.3 Å². The average molecular weight is 311 g/mol. The molecule has 0 fully saturated rings. The molecule has 1 heterocycles. The van der Waals surface area contributed by atoms with Crippen molar-refractivity contribution >= 4 is 0 Å². The van der Waals surface area contributed by atoms with E-state index in [-0.39, 0.29) is 6.61 Å². The number of aliphatic hydroxyl groups excluding tert-OH is 1. The highest BCUT2D eigenvalue weighted by molar-refractivity contribution is 5.73. The molecule has 0 saturated heterocycles. The van der Waals surface area contributed by atoms with Gasteiger partial charge in [-0.2, -0.15) is 0 Å². The van der Waals surface area contributed by atoms with Gasteiger partial charge in [0, 0.05) is 11.1 Å². The molecule has 0 radical (unpaired) electrons. The molecule has 0 atom stereocenters. The Morgan fingerprint density at radius 2 is 1.70 bits per heavy atom. The molecule has 0 aliphatic heterocycles. The lowest BCUT2D eigenvalue weighted by Gasteiger charge is -2.09. The van der Waals surface area contributed by atoms with E-state index in [1.807, 2.05) is 42.5 Å². The van der Waals surface area contributed by atoms with E-state index in [2.05, 4.69) is 5.16 Å². The zero-order valence-electron chi connectivity index (χ0n) is 12.9. The van der Waals surface area contributed by atoms with Gasteiger partial charge in [0.05, 0.1) is 26.4 Å². The molecule has 0 spiro atoms. The molecule has 0 bridgehead atoms. The number of methoxy groups -OCH3 is 2. The van der Waals surface area contributed by atoms with E-state index in [0.29, 0.717) is 28.5 Å². The summed E-state index contributed by atoms with van der Waals surface area (Å²) in [6.07, 6.45) is 0. The van der Waals surface area contributed by atoms with E-state index in [4.69, 9.17) is 14.0 Å². The average Bonchev–Trinajstić information content (AvgIpc) is 3.05. The zero-order valence-corrected chi connectivity index (χ0v) is 12.9. The van der Waals surface area contributed by atoms with E-state index in [1.54, 1.807) is 20.3 Å². The summed E-state index contributed by atoms with van der Waals surface area (Å²) in [4.78, 5) is 0. The second-order valence-corrected chi connectivity index (χ2v) is 4.93. The van der Waals surface area contributed by atoms with Gasteiger partial charge < -0.3 is 19.1 Å². The fourth-order valence-corrected chi connectivity index (χ4v) is 2.48. The van der Waals surface area contributed by atoms with Crippen LogP contribution in [0.25, 0.3) is 22.6 Å². The second kappa shape index (κ2) is 6.54. The summed E-state index contributed by atoms with van der Waals surface area (Å²) in [7, 11) is 3.16. The molecule has 118 valence electrons. The van der Waals surface area contributed by atoms with Crippen molar-refractivity contribution in [3.8, 4) is 34.1 Å². The van der Waals surface area contributed by atoms with Crippen LogP contribution in [0.3, 0.4) is 0 Å². The van der Waals surface area contributed by atoms with Gasteiger partial charge in [-0.25, -0.2) is 0 Å². The first-order valence-electron chi connectivity index (χ1n) is 7.15. The highest BCUT2D eigenvalue weighted by atomic mass is 16.5. The zero-order chi connectivity index (χ0) is 16.2. The molecule has 0 amide bonds. The molecule has 1 aromatic heterocycles. The fourth-order valence-electron chi connectivity index (χ4n) is 2.48.